The van der Waals surface area contributed by atoms with Crippen LogP contribution >= 0.6 is 0 Å². The van der Waals surface area contributed by atoms with Gasteiger partial charge in [0.25, 0.3) is 0 Å². The number of hydrogen-bond donors (Lipinski definition) is 2. The molecule has 4 aromatic rings. The van der Waals surface area contributed by atoms with Gasteiger partial charge in [0.2, 0.25) is 0 Å². The molecule has 3 aliphatic rings. The number of terminal acetylenes is 1. The zero-order valence-electron chi connectivity index (χ0n) is 25.3. The molecule has 7 rings (SSSR count). The van der Waals surface area contributed by atoms with Crippen LogP contribution < -0.4 is 15.2 Å². The van der Waals surface area contributed by atoms with Crippen LogP contribution in [0.25, 0.3) is 32.9 Å². The number of phenols is 1. The van der Waals surface area contributed by atoms with Crippen LogP contribution in [0.3, 0.4) is 0 Å². The van der Waals surface area contributed by atoms with Gasteiger partial charge in [-0.05, 0) is 55.8 Å². The molecule has 5 heterocycles. The van der Waals surface area contributed by atoms with Gasteiger partial charge in [0, 0.05) is 43.2 Å². The number of phenolic OH excluding ortho intramolecular Hbond substituents is 1. The highest BCUT2D eigenvalue weighted by atomic mass is 19.1. The van der Waals surface area contributed by atoms with E-state index < -0.39 is 35.9 Å². The average Bonchev–Trinajstić information content (AvgIpc) is 3.42. The summed E-state index contributed by atoms with van der Waals surface area (Å²) in [6.45, 7) is -0.555. The van der Waals surface area contributed by atoms with E-state index in [1.807, 2.05) is 0 Å². The molecule has 0 bridgehead atoms. The first kappa shape index (κ1) is 25.4. The van der Waals surface area contributed by atoms with Crippen LogP contribution in [0, 0.1) is 24.0 Å². The third-order valence-corrected chi connectivity index (χ3v) is 8.65. The average molecular weight is 591 g/mol. The number of halogens is 3. The topological polar surface area (TPSA) is 86.6 Å². The van der Waals surface area contributed by atoms with Gasteiger partial charge in [-0.1, -0.05) is 18.4 Å². The van der Waals surface area contributed by atoms with E-state index in [0.717, 1.165) is 19.3 Å². The van der Waals surface area contributed by atoms with E-state index in [1.54, 1.807) is 9.91 Å². The highest BCUT2D eigenvalue weighted by Crippen LogP contribution is 2.41. The smallest absolute Gasteiger partial charge is 0.319 e. The van der Waals surface area contributed by atoms with Crippen LogP contribution in [-0.4, -0.2) is 69.4 Å². The molecule has 0 unspecified atom stereocenters. The number of hydrogen-bond acceptors (Lipinski definition) is 8. The number of nitrogens with zero attached hydrogens (tertiary/aromatic N) is 5. The quantitative estimate of drug-likeness (QED) is 0.305. The largest absolute Gasteiger partial charge is 0.508 e. The van der Waals surface area contributed by atoms with Crippen molar-refractivity contribution in [2.75, 3.05) is 37.7 Å². The second kappa shape index (κ2) is 10.8. The summed E-state index contributed by atoms with van der Waals surface area (Å²) >= 11 is 0. The summed E-state index contributed by atoms with van der Waals surface area (Å²) in [6, 6.07) is 4.86. The first-order valence-electron chi connectivity index (χ1n) is 15.5. The lowest BCUT2D eigenvalue weighted by molar-refractivity contribution is 0.107. The van der Waals surface area contributed by atoms with Gasteiger partial charge in [0.15, 0.2) is 11.6 Å². The van der Waals surface area contributed by atoms with Crippen molar-refractivity contribution in [1.82, 2.24) is 25.3 Å². The Bertz CT molecular complexity index is 1860. The molecule has 11 heteroatoms. The predicted octanol–water partition coefficient (Wildman–Crippen LogP) is 5.26. The molecule has 8 nitrogen and oxygen atoms in total. The molecule has 0 spiro atoms. The molecule has 2 N–H and O–H groups in total. The van der Waals surface area contributed by atoms with Gasteiger partial charge in [-0.15, -0.1) is 6.42 Å². The second-order valence-electron chi connectivity index (χ2n) is 11.4. The van der Waals surface area contributed by atoms with Crippen molar-refractivity contribution in [3.8, 4) is 35.4 Å². The monoisotopic (exact) mass is 590 g/mol. The number of alkyl halides is 1. The molecule has 2 aromatic heterocycles. The summed E-state index contributed by atoms with van der Waals surface area (Å²) in [4.78, 5) is 15.1. The first-order chi connectivity index (χ1) is 21.6. The van der Waals surface area contributed by atoms with Crippen LogP contribution in [-0.2, 0) is 0 Å². The van der Waals surface area contributed by atoms with E-state index in [4.69, 9.17) is 13.9 Å². The lowest BCUT2D eigenvalue weighted by atomic mass is 9.95. The number of benzene rings is 2. The van der Waals surface area contributed by atoms with Gasteiger partial charge in [0.05, 0.1) is 19.2 Å². The summed E-state index contributed by atoms with van der Waals surface area (Å²) in [5.41, 5.74) is 1.57. The molecule has 43 heavy (non-hydrogen) atoms. The van der Waals surface area contributed by atoms with Gasteiger partial charge >= 0.3 is 6.01 Å². The third kappa shape index (κ3) is 4.79. The fourth-order valence-electron chi connectivity index (χ4n) is 6.66. The molecule has 0 radical (unpaired) electrons. The lowest BCUT2D eigenvalue weighted by Gasteiger charge is -2.31. The van der Waals surface area contributed by atoms with Gasteiger partial charge < -0.3 is 9.84 Å². The fraction of sp³-hybridized carbons (Fsp3) is 0.406. The summed E-state index contributed by atoms with van der Waals surface area (Å²) in [5, 5.41) is 13.1. The second-order valence-corrected chi connectivity index (χ2v) is 11.4. The number of nitrogens with one attached hydrogen (secondary N) is 1. The van der Waals surface area contributed by atoms with Crippen LogP contribution in [0.5, 0.6) is 11.8 Å². The standard InChI is InChI=1S/C32H31F3N6O2/c1-2-22-25(34)8-7-19-13-21(42)14-23(26(19)22)28-27(35)29-24(16-36-28)30(41-12-5-3-4-10-37-41)39-31(38-29)43-18-32-9-6-11-40(32)17-20(33)15-32/h1,7-8,13-14,16,20,37,42H,3-6,9-12,15,17-18H2/t20-,32+/m1/s1/i18D2. The van der Waals surface area contributed by atoms with Crippen LogP contribution in [0.15, 0.2) is 30.5 Å². The molecular formula is C32H31F3N6O2. The number of aromatic hydroxyl groups is 1. The van der Waals surface area contributed by atoms with E-state index in [0.29, 0.717) is 37.9 Å². The Morgan fingerprint density at radius 2 is 2.07 bits per heavy atom. The molecule has 0 saturated carbocycles. The maximum Gasteiger partial charge on any atom is 0.319 e. The van der Waals surface area contributed by atoms with Crippen molar-refractivity contribution in [1.29, 1.82) is 0 Å². The number of anilines is 1. The number of rotatable bonds is 5. The number of pyridine rings is 1. The van der Waals surface area contributed by atoms with Crippen molar-refractivity contribution < 1.29 is 25.8 Å². The minimum Gasteiger partial charge on any atom is -0.508 e. The van der Waals surface area contributed by atoms with Crippen molar-refractivity contribution in [2.24, 2.45) is 0 Å². The van der Waals surface area contributed by atoms with E-state index in [1.165, 1.54) is 30.5 Å². The molecule has 2 aromatic carbocycles. The molecule has 3 aliphatic heterocycles. The Hall–Kier alpha value is -4.14. The number of fused-ring (bicyclic) bond motifs is 3. The lowest BCUT2D eigenvalue weighted by Crippen LogP contribution is -2.43. The molecule has 3 fully saturated rings. The van der Waals surface area contributed by atoms with Crippen molar-refractivity contribution in [3.63, 3.8) is 0 Å². The van der Waals surface area contributed by atoms with Crippen molar-refractivity contribution in [2.45, 2.75) is 50.2 Å². The normalized spacial score (nSPS) is 23.6. The Balaban J connectivity index is 1.42. The van der Waals surface area contributed by atoms with Gasteiger partial charge in [0.1, 0.15) is 35.5 Å². The van der Waals surface area contributed by atoms with Gasteiger partial charge in [-0.25, -0.2) is 18.6 Å². The Morgan fingerprint density at radius 1 is 1.19 bits per heavy atom. The van der Waals surface area contributed by atoms with Crippen LogP contribution in [0.4, 0.5) is 19.0 Å². The van der Waals surface area contributed by atoms with Gasteiger partial charge in [-0.3, -0.25) is 14.9 Å². The predicted molar refractivity (Wildman–Crippen MR) is 158 cm³/mol. The SMILES string of the molecule is [2H]C([2H])(Oc1nc(N2CCCCCN2)c2cnc(-c3cc(O)cc4ccc(F)c(C#C)c34)c(F)c2n1)[C@@]12CCCN1C[C@H](F)C2. The summed E-state index contributed by atoms with van der Waals surface area (Å²) in [7, 11) is 0. The minimum atomic E-state index is -2.39. The molecule has 2 atom stereocenters. The highest BCUT2D eigenvalue weighted by molar-refractivity contribution is 6.03. The highest BCUT2D eigenvalue weighted by Gasteiger charge is 2.49. The number of hydrazine groups is 1. The first-order valence-corrected chi connectivity index (χ1v) is 14.5. The minimum absolute atomic E-state index is 0.0325. The van der Waals surface area contributed by atoms with Gasteiger partial charge in [-0.2, -0.15) is 9.97 Å². The van der Waals surface area contributed by atoms with E-state index in [2.05, 4.69) is 26.3 Å². The number of ether oxygens (including phenoxy) is 1. The Morgan fingerprint density at radius 3 is 2.93 bits per heavy atom. The van der Waals surface area contributed by atoms with Crippen LogP contribution in [0.2, 0.25) is 0 Å². The molecule has 0 aliphatic carbocycles. The summed E-state index contributed by atoms with van der Waals surface area (Å²) in [6.07, 6.45) is 9.61. The number of aromatic nitrogens is 3. The van der Waals surface area contributed by atoms with E-state index in [-0.39, 0.29) is 57.6 Å². The fourth-order valence-corrected chi connectivity index (χ4v) is 6.66. The molecule has 3 saturated heterocycles. The van der Waals surface area contributed by atoms with Crippen LogP contribution in [0.1, 0.15) is 46.8 Å². The molecular weight excluding hydrogens is 557 g/mol. The summed E-state index contributed by atoms with van der Waals surface area (Å²) in [5.74, 6) is 0.769. The van der Waals surface area contributed by atoms with Crippen molar-refractivity contribution in [3.05, 3.63) is 47.7 Å². The Kier molecular flexibility index (Phi) is 6.40. The Labute approximate surface area is 249 Å². The maximum absolute atomic E-state index is 16.7. The van der Waals surface area contributed by atoms with Crippen molar-refractivity contribution >= 4 is 27.5 Å². The third-order valence-electron chi connectivity index (χ3n) is 8.65. The summed E-state index contributed by atoms with van der Waals surface area (Å²) < 4.78 is 69.9. The zero-order chi connectivity index (χ0) is 31.5. The molecule has 222 valence electrons. The van der Waals surface area contributed by atoms with E-state index >= 15 is 4.39 Å². The maximum atomic E-state index is 16.7. The molecule has 0 amide bonds. The zero-order valence-corrected chi connectivity index (χ0v) is 23.3. The van der Waals surface area contributed by atoms with E-state index in [9.17, 15) is 13.9 Å².